The average molecular weight is 322 g/mol. The lowest BCUT2D eigenvalue weighted by atomic mass is 10.1. The molecule has 118 valence electrons. The molecule has 0 aliphatic carbocycles. The number of imide groups is 1. The molecule has 1 saturated heterocycles. The smallest absolute Gasteiger partial charge is 0.288 e. The fourth-order valence-electron chi connectivity index (χ4n) is 2.12. The van der Waals surface area contributed by atoms with E-state index in [2.05, 4.69) is 5.32 Å². The van der Waals surface area contributed by atoms with Gasteiger partial charge in [-0.3, -0.25) is 19.3 Å². The summed E-state index contributed by atoms with van der Waals surface area (Å²) in [6.07, 6.45) is 0. The van der Waals surface area contributed by atoms with E-state index in [-0.39, 0.29) is 42.5 Å². The molecule has 1 aromatic carbocycles. The number of aryl methyl sites for hydroxylation is 2. The van der Waals surface area contributed by atoms with E-state index in [0.29, 0.717) is 5.75 Å². The van der Waals surface area contributed by atoms with Crippen molar-refractivity contribution in [2.75, 3.05) is 25.4 Å². The van der Waals surface area contributed by atoms with Crippen LogP contribution in [0, 0.1) is 13.8 Å². The summed E-state index contributed by atoms with van der Waals surface area (Å²) in [5.74, 6) is 0.395. The fraction of sp³-hybridized carbons (Fsp3) is 0.400. The maximum atomic E-state index is 11.7. The van der Waals surface area contributed by atoms with Crippen LogP contribution in [-0.4, -0.2) is 47.4 Å². The minimum atomic E-state index is -0.283. The molecule has 3 amide bonds. The molecule has 7 heteroatoms. The van der Waals surface area contributed by atoms with Crippen molar-refractivity contribution in [3.63, 3.8) is 0 Å². The Hall–Kier alpha value is -2.02. The van der Waals surface area contributed by atoms with Crippen LogP contribution in [0.1, 0.15) is 11.1 Å². The molecule has 1 aliphatic heterocycles. The molecule has 0 atom stereocenters. The molecule has 1 N–H and O–H groups in total. The van der Waals surface area contributed by atoms with E-state index in [1.807, 2.05) is 32.0 Å². The van der Waals surface area contributed by atoms with Crippen LogP contribution in [0.15, 0.2) is 18.2 Å². The SMILES string of the molecule is Cc1cccc(C)c1OCC(=O)NCCN1C(=O)CSC1=O. The van der Waals surface area contributed by atoms with Crippen LogP contribution in [0.2, 0.25) is 0 Å². The number of nitrogens with one attached hydrogen (secondary N) is 1. The molecule has 22 heavy (non-hydrogen) atoms. The van der Waals surface area contributed by atoms with E-state index in [1.54, 1.807) is 0 Å². The first-order valence-corrected chi connectivity index (χ1v) is 7.90. The van der Waals surface area contributed by atoms with Crippen molar-refractivity contribution in [3.8, 4) is 5.75 Å². The Morgan fingerprint density at radius 2 is 2.00 bits per heavy atom. The van der Waals surface area contributed by atoms with E-state index in [4.69, 9.17) is 4.74 Å². The van der Waals surface area contributed by atoms with Crippen molar-refractivity contribution in [2.24, 2.45) is 0 Å². The van der Waals surface area contributed by atoms with E-state index >= 15 is 0 Å². The molecule has 0 saturated carbocycles. The lowest BCUT2D eigenvalue weighted by Gasteiger charge is -2.14. The van der Waals surface area contributed by atoms with Crippen LogP contribution >= 0.6 is 11.8 Å². The average Bonchev–Trinajstić information content (AvgIpc) is 2.78. The Labute approximate surface area is 133 Å². The summed E-state index contributed by atoms with van der Waals surface area (Å²) in [5.41, 5.74) is 1.94. The second kappa shape index (κ2) is 7.31. The van der Waals surface area contributed by atoms with Gasteiger partial charge < -0.3 is 10.1 Å². The summed E-state index contributed by atoms with van der Waals surface area (Å²) in [4.78, 5) is 35.7. The second-order valence-electron chi connectivity index (χ2n) is 4.96. The summed E-state index contributed by atoms with van der Waals surface area (Å²) >= 11 is 0.983. The highest BCUT2D eigenvalue weighted by Crippen LogP contribution is 2.22. The third kappa shape index (κ3) is 4.00. The molecule has 0 aromatic heterocycles. The highest BCUT2D eigenvalue weighted by atomic mass is 32.2. The van der Waals surface area contributed by atoms with Crippen molar-refractivity contribution in [1.82, 2.24) is 10.2 Å². The van der Waals surface area contributed by atoms with Gasteiger partial charge in [-0.25, -0.2) is 0 Å². The Morgan fingerprint density at radius 1 is 1.32 bits per heavy atom. The van der Waals surface area contributed by atoms with Crippen molar-refractivity contribution < 1.29 is 19.1 Å². The first-order valence-electron chi connectivity index (χ1n) is 6.92. The molecule has 0 radical (unpaired) electrons. The Kier molecular flexibility index (Phi) is 5.43. The normalized spacial score (nSPS) is 14.4. The Balaban J connectivity index is 1.74. The number of amides is 3. The molecule has 6 nitrogen and oxygen atoms in total. The van der Waals surface area contributed by atoms with Gasteiger partial charge in [0.2, 0.25) is 5.91 Å². The zero-order valence-corrected chi connectivity index (χ0v) is 13.4. The standard InChI is InChI=1S/C15H18N2O4S/c1-10-4-3-5-11(2)14(10)21-8-12(18)16-6-7-17-13(19)9-22-15(17)20/h3-5H,6-9H2,1-2H3,(H,16,18). The van der Waals surface area contributed by atoms with Gasteiger partial charge in [0.15, 0.2) is 6.61 Å². The zero-order chi connectivity index (χ0) is 16.1. The highest BCUT2D eigenvalue weighted by molar-refractivity contribution is 8.14. The number of rotatable bonds is 6. The third-order valence-corrected chi connectivity index (χ3v) is 4.11. The summed E-state index contributed by atoms with van der Waals surface area (Å²) in [6, 6.07) is 5.77. The molecule has 0 unspecified atom stereocenters. The second-order valence-corrected chi connectivity index (χ2v) is 5.89. The van der Waals surface area contributed by atoms with Gasteiger partial charge in [0.25, 0.3) is 11.1 Å². The molecule has 2 rings (SSSR count). The number of thioether (sulfide) groups is 1. The first kappa shape index (κ1) is 16.4. The zero-order valence-electron chi connectivity index (χ0n) is 12.5. The molecule has 1 heterocycles. The van der Waals surface area contributed by atoms with Crippen molar-refractivity contribution in [2.45, 2.75) is 13.8 Å². The van der Waals surface area contributed by atoms with E-state index < -0.39 is 0 Å². The number of nitrogens with zero attached hydrogens (tertiary/aromatic N) is 1. The summed E-state index contributed by atoms with van der Waals surface area (Å²) in [6.45, 7) is 4.17. The van der Waals surface area contributed by atoms with Gasteiger partial charge in [-0.15, -0.1) is 0 Å². The third-order valence-electron chi connectivity index (χ3n) is 3.25. The summed E-state index contributed by atoms with van der Waals surface area (Å²) < 4.78 is 5.53. The molecule has 1 fully saturated rings. The van der Waals surface area contributed by atoms with Gasteiger partial charge in [0, 0.05) is 13.1 Å². The monoisotopic (exact) mass is 322 g/mol. The van der Waals surface area contributed by atoms with Crippen molar-refractivity contribution >= 4 is 28.8 Å². The minimum absolute atomic E-state index is 0.0949. The number of hydrogen-bond donors (Lipinski definition) is 1. The number of ether oxygens (including phenoxy) is 1. The van der Waals surface area contributed by atoms with Crippen LogP contribution in [0.3, 0.4) is 0 Å². The molecule has 0 bridgehead atoms. The van der Waals surface area contributed by atoms with E-state index in [1.165, 1.54) is 0 Å². The van der Waals surface area contributed by atoms with Crippen molar-refractivity contribution in [3.05, 3.63) is 29.3 Å². The number of para-hydroxylation sites is 1. The predicted octanol–water partition coefficient (Wildman–Crippen LogP) is 1.49. The number of hydrogen-bond acceptors (Lipinski definition) is 5. The minimum Gasteiger partial charge on any atom is -0.483 e. The Morgan fingerprint density at radius 3 is 2.59 bits per heavy atom. The van der Waals surface area contributed by atoms with Crippen LogP contribution in [0.5, 0.6) is 5.75 Å². The van der Waals surface area contributed by atoms with Gasteiger partial charge in [-0.2, -0.15) is 0 Å². The van der Waals surface area contributed by atoms with Gasteiger partial charge in [0.1, 0.15) is 5.75 Å². The maximum Gasteiger partial charge on any atom is 0.288 e. The molecular weight excluding hydrogens is 304 g/mol. The van der Waals surface area contributed by atoms with Crippen LogP contribution in [0.4, 0.5) is 4.79 Å². The molecule has 1 aliphatic rings. The summed E-state index contributed by atoms with van der Waals surface area (Å²) in [7, 11) is 0. The van der Waals surface area contributed by atoms with E-state index in [0.717, 1.165) is 27.8 Å². The van der Waals surface area contributed by atoms with Crippen LogP contribution in [-0.2, 0) is 9.59 Å². The summed E-state index contributed by atoms with van der Waals surface area (Å²) in [5, 5.41) is 2.38. The molecular formula is C15H18N2O4S. The molecule has 0 spiro atoms. The fourth-order valence-corrected chi connectivity index (χ4v) is 2.87. The maximum absolute atomic E-state index is 11.7. The van der Waals surface area contributed by atoms with Gasteiger partial charge in [0.05, 0.1) is 5.75 Å². The number of carbonyl (C=O) groups is 3. The highest BCUT2D eigenvalue weighted by Gasteiger charge is 2.29. The van der Waals surface area contributed by atoms with Gasteiger partial charge in [-0.05, 0) is 25.0 Å². The quantitative estimate of drug-likeness (QED) is 0.859. The number of carbonyl (C=O) groups excluding carboxylic acids is 3. The van der Waals surface area contributed by atoms with E-state index in [9.17, 15) is 14.4 Å². The lowest BCUT2D eigenvalue weighted by molar-refractivity contribution is -0.126. The van der Waals surface area contributed by atoms with Crippen LogP contribution < -0.4 is 10.1 Å². The van der Waals surface area contributed by atoms with Crippen LogP contribution in [0.25, 0.3) is 0 Å². The Bertz CT molecular complexity index is 567. The van der Waals surface area contributed by atoms with Gasteiger partial charge >= 0.3 is 0 Å². The topological polar surface area (TPSA) is 75.7 Å². The predicted molar refractivity (Wildman–Crippen MR) is 84.0 cm³/mol. The number of benzene rings is 1. The largest absolute Gasteiger partial charge is 0.483 e. The molecule has 1 aromatic rings. The first-order chi connectivity index (χ1) is 10.5. The van der Waals surface area contributed by atoms with Crippen molar-refractivity contribution in [1.29, 1.82) is 0 Å². The van der Waals surface area contributed by atoms with Gasteiger partial charge in [-0.1, -0.05) is 30.0 Å². The lowest BCUT2D eigenvalue weighted by Crippen LogP contribution is -2.39.